The van der Waals surface area contributed by atoms with E-state index in [0.717, 1.165) is 29.4 Å². The number of carbonyl (C=O) groups is 1. The average molecular weight is 380 g/mol. The van der Waals surface area contributed by atoms with Crippen molar-refractivity contribution in [2.45, 2.75) is 25.3 Å². The maximum atomic E-state index is 12.4. The summed E-state index contributed by atoms with van der Waals surface area (Å²) >= 11 is 8.05. The third kappa shape index (κ3) is 2.91. The minimum absolute atomic E-state index is 0.0410. The molecule has 18 heavy (non-hydrogen) atoms. The van der Waals surface area contributed by atoms with Crippen molar-refractivity contribution >= 4 is 40.1 Å². The van der Waals surface area contributed by atoms with Crippen LogP contribution in [0.25, 0.3) is 0 Å². The van der Waals surface area contributed by atoms with Gasteiger partial charge in [0, 0.05) is 22.0 Å². The number of rotatable bonds is 2. The molecule has 0 radical (unpaired) electrons. The smallest absolute Gasteiger partial charge is 0.257 e. The number of piperidine rings is 1. The molecule has 1 aromatic carbocycles. The lowest BCUT2D eigenvalue weighted by atomic mass is 10.0. The molecule has 0 bridgehead atoms. The van der Waals surface area contributed by atoms with Gasteiger partial charge >= 0.3 is 0 Å². The first kappa shape index (κ1) is 13.9. The van der Waals surface area contributed by atoms with E-state index in [1.807, 2.05) is 0 Å². The van der Waals surface area contributed by atoms with Crippen molar-refractivity contribution in [3.63, 3.8) is 0 Å². The van der Waals surface area contributed by atoms with Gasteiger partial charge in [0.25, 0.3) is 5.91 Å². The number of amides is 1. The molecule has 98 valence electrons. The van der Waals surface area contributed by atoms with Crippen molar-refractivity contribution in [3.8, 4) is 5.75 Å². The van der Waals surface area contributed by atoms with E-state index in [0.29, 0.717) is 11.4 Å². The molecule has 1 aliphatic heterocycles. The van der Waals surface area contributed by atoms with Gasteiger partial charge in [-0.3, -0.25) is 4.79 Å². The average Bonchev–Trinajstić information content (AvgIpc) is 2.40. The van der Waals surface area contributed by atoms with Crippen LogP contribution in [-0.4, -0.2) is 34.4 Å². The summed E-state index contributed by atoms with van der Waals surface area (Å²) in [6.45, 7) is 0.723. The van der Waals surface area contributed by atoms with E-state index in [1.54, 1.807) is 23.1 Å². The molecule has 3 nitrogen and oxygen atoms in total. The second-order valence-corrected chi connectivity index (χ2v) is 6.02. The molecule has 1 unspecified atom stereocenters. The normalized spacial score (nSPS) is 19.9. The van der Waals surface area contributed by atoms with Crippen molar-refractivity contribution in [2.24, 2.45) is 0 Å². The summed E-state index contributed by atoms with van der Waals surface area (Å²) in [6.07, 6.45) is 3.06. The van der Waals surface area contributed by atoms with Gasteiger partial charge in [0.15, 0.2) is 0 Å². The highest BCUT2D eigenvalue weighted by atomic mass is 127. The van der Waals surface area contributed by atoms with Crippen LogP contribution >= 0.6 is 34.2 Å². The lowest BCUT2D eigenvalue weighted by Crippen LogP contribution is -2.44. The van der Waals surface area contributed by atoms with E-state index in [2.05, 4.69) is 22.6 Å². The maximum absolute atomic E-state index is 12.4. The van der Waals surface area contributed by atoms with Gasteiger partial charge in [-0.25, -0.2) is 0 Å². The van der Waals surface area contributed by atoms with Crippen LogP contribution in [0.4, 0.5) is 0 Å². The minimum atomic E-state index is -0.114. The lowest BCUT2D eigenvalue weighted by Gasteiger charge is -2.34. The molecule has 1 amide bonds. The highest BCUT2D eigenvalue weighted by Gasteiger charge is 2.28. The Morgan fingerprint density at radius 2 is 2.28 bits per heavy atom. The van der Waals surface area contributed by atoms with Gasteiger partial charge in [-0.2, -0.15) is 0 Å². The number of phenols is 1. The summed E-state index contributed by atoms with van der Waals surface area (Å²) in [6, 6.07) is 5.15. The predicted molar refractivity (Wildman–Crippen MR) is 80.2 cm³/mol. The second kappa shape index (κ2) is 6.10. The third-order valence-electron chi connectivity index (χ3n) is 3.26. The van der Waals surface area contributed by atoms with Gasteiger partial charge in [-0.1, -0.05) is 0 Å². The lowest BCUT2D eigenvalue weighted by molar-refractivity contribution is 0.0636. The fourth-order valence-electron chi connectivity index (χ4n) is 2.26. The van der Waals surface area contributed by atoms with Crippen molar-refractivity contribution in [3.05, 3.63) is 27.3 Å². The monoisotopic (exact) mass is 379 g/mol. The number of hydrogen-bond acceptors (Lipinski definition) is 2. The SMILES string of the molecule is O=C(c1cc(I)ccc1O)N1CCCCC1CCl. The number of nitrogens with zero attached hydrogens (tertiary/aromatic N) is 1. The maximum Gasteiger partial charge on any atom is 0.257 e. The summed E-state index contributed by atoms with van der Waals surface area (Å²) in [5.74, 6) is 0.381. The molecule has 0 aromatic heterocycles. The zero-order valence-electron chi connectivity index (χ0n) is 9.90. The van der Waals surface area contributed by atoms with Crippen LogP contribution in [0.5, 0.6) is 5.75 Å². The fraction of sp³-hybridized carbons (Fsp3) is 0.462. The summed E-state index contributed by atoms with van der Waals surface area (Å²) in [7, 11) is 0. The Balaban J connectivity index is 2.26. The van der Waals surface area contributed by atoms with Crippen LogP contribution < -0.4 is 0 Å². The van der Waals surface area contributed by atoms with E-state index in [4.69, 9.17) is 11.6 Å². The fourth-order valence-corrected chi connectivity index (χ4v) is 3.07. The summed E-state index contributed by atoms with van der Waals surface area (Å²) in [4.78, 5) is 14.2. The quantitative estimate of drug-likeness (QED) is 0.633. The topological polar surface area (TPSA) is 40.5 Å². The van der Waals surface area contributed by atoms with E-state index < -0.39 is 0 Å². The van der Waals surface area contributed by atoms with Crippen LogP contribution in [-0.2, 0) is 0 Å². The molecule has 0 aliphatic carbocycles. The molecule has 1 fully saturated rings. The van der Waals surface area contributed by atoms with Gasteiger partial charge < -0.3 is 10.0 Å². The zero-order chi connectivity index (χ0) is 13.1. The summed E-state index contributed by atoms with van der Waals surface area (Å²) in [5, 5.41) is 9.81. The molecule has 1 saturated heterocycles. The molecule has 1 atom stereocenters. The van der Waals surface area contributed by atoms with Crippen molar-refractivity contribution in [1.29, 1.82) is 0 Å². The van der Waals surface area contributed by atoms with Crippen LogP contribution in [0.15, 0.2) is 18.2 Å². The number of phenolic OH excluding ortho intramolecular Hbond substituents is 1. The van der Waals surface area contributed by atoms with Crippen LogP contribution in [0.3, 0.4) is 0 Å². The molecular weight excluding hydrogens is 365 g/mol. The molecule has 2 rings (SSSR count). The summed E-state index contributed by atoms with van der Waals surface area (Å²) < 4.78 is 0.938. The van der Waals surface area contributed by atoms with Crippen LogP contribution in [0.1, 0.15) is 29.6 Å². The zero-order valence-corrected chi connectivity index (χ0v) is 12.8. The van der Waals surface area contributed by atoms with Gasteiger partial charge in [-0.15, -0.1) is 11.6 Å². The van der Waals surface area contributed by atoms with E-state index in [1.165, 1.54) is 0 Å². The van der Waals surface area contributed by atoms with E-state index in [-0.39, 0.29) is 17.7 Å². The Morgan fingerprint density at radius 3 is 3.00 bits per heavy atom. The Morgan fingerprint density at radius 1 is 1.50 bits per heavy atom. The molecular formula is C13H15ClINO2. The molecule has 1 heterocycles. The minimum Gasteiger partial charge on any atom is -0.507 e. The molecule has 0 saturated carbocycles. The van der Waals surface area contributed by atoms with Gasteiger partial charge in [0.1, 0.15) is 5.75 Å². The molecule has 0 spiro atoms. The Hall–Kier alpha value is -0.490. The Bertz CT molecular complexity index is 453. The van der Waals surface area contributed by atoms with Crippen LogP contribution in [0, 0.1) is 3.57 Å². The number of alkyl halides is 1. The van der Waals surface area contributed by atoms with E-state index >= 15 is 0 Å². The summed E-state index contributed by atoms with van der Waals surface area (Å²) in [5.41, 5.74) is 0.374. The van der Waals surface area contributed by atoms with Gasteiger partial charge in [0.2, 0.25) is 0 Å². The number of hydrogen-bond donors (Lipinski definition) is 1. The first-order valence-corrected chi connectivity index (χ1v) is 7.60. The molecule has 5 heteroatoms. The second-order valence-electron chi connectivity index (χ2n) is 4.46. The van der Waals surface area contributed by atoms with Crippen molar-refractivity contribution in [1.82, 2.24) is 4.90 Å². The van der Waals surface area contributed by atoms with Gasteiger partial charge in [-0.05, 0) is 60.1 Å². The van der Waals surface area contributed by atoms with Gasteiger partial charge in [0.05, 0.1) is 5.56 Å². The molecule has 1 N–H and O–H groups in total. The first-order chi connectivity index (χ1) is 8.63. The highest BCUT2D eigenvalue weighted by Crippen LogP contribution is 2.25. The van der Waals surface area contributed by atoms with Crippen molar-refractivity contribution < 1.29 is 9.90 Å². The Labute approximate surface area is 125 Å². The number of carbonyl (C=O) groups excluding carboxylic acids is 1. The van der Waals surface area contributed by atoms with Crippen LogP contribution in [0.2, 0.25) is 0 Å². The predicted octanol–water partition coefficient (Wildman–Crippen LogP) is 3.23. The molecule has 1 aliphatic rings. The Kier molecular flexibility index (Phi) is 4.72. The van der Waals surface area contributed by atoms with E-state index in [9.17, 15) is 9.90 Å². The molecule has 1 aromatic rings. The number of halogens is 2. The van der Waals surface area contributed by atoms with Crippen molar-refractivity contribution in [2.75, 3.05) is 12.4 Å². The highest BCUT2D eigenvalue weighted by molar-refractivity contribution is 14.1. The largest absolute Gasteiger partial charge is 0.507 e. The number of likely N-dealkylation sites (tertiary alicyclic amines) is 1. The number of benzene rings is 1. The standard InChI is InChI=1S/C13H15ClINO2/c14-8-10-3-1-2-6-16(10)13(18)11-7-9(15)4-5-12(11)17/h4-5,7,10,17H,1-3,6,8H2. The first-order valence-electron chi connectivity index (χ1n) is 5.99. The third-order valence-corrected chi connectivity index (χ3v) is 4.28. The number of aromatic hydroxyl groups is 1.